The Labute approximate surface area is 188 Å². The van der Waals surface area contributed by atoms with Gasteiger partial charge in [0.2, 0.25) is 5.91 Å². The molecule has 1 unspecified atom stereocenters. The SMILES string of the molecule is CCN(C)C1CCN(CC(=O)Nc2cc(-n3nc(C)cc3C)nc(-c3ccccn3)n2)C1. The van der Waals surface area contributed by atoms with Crippen molar-refractivity contribution in [1.82, 2.24) is 34.5 Å². The Hall–Kier alpha value is -3.17. The maximum absolute atomic E-state index is 12.8. The second-order valence-corrected chi connectivity index (χ2v) is 8.29. The van der Waals surface area contributed by atoms with Gasteiger partial charge in [0.1, 0.15) is 11.5 Å². The molecule has 1 atom stereocenters. The second kappa shape index (κ2) is 9.54. The van der Waals surface area contributed by atoms with Crippen LogP contribution in [0.5, 0.6) is 0 Å². The minimum atomic E-state index is -0.0882. The highest BCUT2D eigenvalue weighted by Crippen LogP contribution is 2.20. The molecule has 9 heteroatoms. The lowest BCUT2D eigenvalue weighted by Crippen LogP contribution is -2.37. The van der Waals surface area contributed by atoms with Gasteiger partial charge in [0.05, 0.1) is 12.2 Å². The first-order chi connectivity index (χ1) is 15.4. The molecule has 168 valence electrons. The van der Waals surface area contributed by atoms with Gasteiger partial charge >= 0.3 is 0 Å². The number of nitrogens with one attached hydrogen (secondary N) is 1. The van der Waals surface area contributed by atoms with Crippen molar-refractivity contribution in [3.8, 4) is 17.3 Å². The molecule has 1 amide bonds. The topological polar surface area (TPSA) is 92.1 Å². The maximum atomic E-state index is 12.8. The third-order valence-corrected chi connectivity index (χ3v) is 5.84. The van der Waals surface area contributed by atoms with E-state index in [1.807, 2.05) is 38.1 Å². The molecule has 4 rings (SSSR count). The fourth-order valence-corrected chi connectivity index (χ4v) is 4.04. The lowest BCUT2D eigenvalue weighted by atomic mass is 10.2. The van der Waals surface area contributed by atoms with Crippen LogP contribution in [-0.2, 0) is 4.79 Å². The molecular weight excluding hydrogens is 404 g/mol. The lowest BCUT2D eigenvalue weighted by molar-refractivity contribution is -0.117. The molecule has 0 radical (unpaired) electrons. The van der Waals surface area contributed by atoms with Gasteiger partial charge in [-0.2, -0.15) is 5.10 Å². The molecule has 0 bridgehead atoms. The number of aromatic nitrogens is 5. The number of pyridine rings is 1. The summed E-state index contributed by atoms with van der Waals surface area (Å²) in [5, 5.41) is 7.49. The molecule has 0 spiro atoms. The highest BCUT2D eigenvalue weighted by molar-refractivity contribution is 5.91. The molecule has 1 aliphatic heterocycles. The molecule has 4 heterocycles. The summed E-state index contributed by atoms with van der Waals surface area (Å²) in [6.45, 7) is 9.23. The van der Waals surface area contributed by atoms with Gasteiger partial charge in [-0.25, -0.2) is 14.6 Å². The second-order valence-electron chi connectivity index (χ2n) is 8.29. The van der Waals surface area contributed by atoms with E-state index in [0.717, 1.165) is 37.4 Å². The Bertz CT molecular complexity index is 1080. The maximum Gasteiger partial charge on any atom is 0.239 e. The zero-order chi connectivity index (χ0) is 22.7. The van der Waals surface area contributed by atoms with E-state index in [-0.39, 0.29) is 5.91 Å². The van der Waals surface area contributed by atoms with Gasteiger partial charge in [0.25, 0.3) is 0 Å². The van der Waals surface area contributed by atoms with Gasteiger partial charge in [-0.1, -0.05) is 13.0 Å². The van der Waals surface area contributed by atoms with E-state index in [4.69, 9.17) is 0 Å². The Morgan fingerprint density at radius 1 is 1.25 bits per heavy atom. The monoisotopic (exact) mass is 434 g/mol. The van der Waals surface area contributed by atoms with E-state index in [2.05, 4.69) is 49.1 Å². The Morgan fingerprint density at radius 3 is 2.78 bits per heavy atom. The van der Waals surface area contributed by atoms with E-state index >= 15 is 0 Å². The summed E-state index contributed by atoms with van der Waals surface area (Å²) in [7, 11) is 2.13. The third kappa shape index (κ3) is 5.00. The first-order valence-electron chi connectivity index (χ1n) is 11.0. The number of likely N-dealkylation sites (tertiary alicyclic amines) is 1. The number of hydrogen-bond acceptors (Lipinski definition) is 7. The standard InChI is InChI=1S/C23H30N8O/c1-5-29(4)18-9-11-30(14-18)15-22(32)25-20-13-21(31-17(3)12-16(2)28-31)27-23(26-20)19-8-6-7-10-24-19/h6-8,10,12-13,18H,5,9,11,14-15H2,1-4H3,(H,25,26,27,32). The van der Waals surface area contributed by atoms with Crippen LogP contribution in [0.3, 0.4) is 0 Å². The highest BCUT2D eigenvalue weighted by atomic mass is 16.2. The molecule has 0 aliphatic carbocycles. The fourth-order valence-electron chi connectivity index (χ4n) is 4.04. The molecule has 0 aromatic carbocycles. The first-order valence-corrected chi connectivity index (χ1v) is 11.0. The van der Waals surface area contributed by atoms with Crippen LogP contribution in [0.15, 0.2) is 36.5 Å². The summed E-state index contributed by atoms with van der Waals surface area (Å²) in [4.78, 5) is 30.9. The predicted octanol–water partition coefficient (Wildman–Crippen LogP) is 2.31. The van der Waals surface area contributed by atoms with Crippen molar-refractivity contribution in [1.29, 1.82) is 0 Å². The van der Waals surface area contributed by atoms with Crippen LogP contribution >= 0.6 is 0 Å². The van der Waals surface area contributed by atoms with Crippen molar-refractivity contribution in [2.45, 2.75) is 33.2 Å². The Balaban J connectivity index is 1.56. The van der Waals surface area contributed by atoms with Crippen molar-refractivity contribution >= 4 is 11.7 Å². The van der Waals surface area contributed by atoms with E-state index in [1.54, 1.807) is 16.9 Å². The molecule has 32 heavy (non-hydrogen) atoms. The predicted molar refractivity (Wildman–Crippen MR) is 124 cm³/mol. The third-order valence-electron chi connectivity index (χ3n) is 5.84. The number of likely N-dealkylation sites (N-methyl/N-ethyl adjacent to an activating group) is 1. The molecule has 1 N–H and O–H groups in total. The van der Waals surface area contributed by atoms with Crippen LogP contribution in [0.2, 0.25) is 0 Å². The summed E-state index contributed by atoms with van der Waals surface area (Å²) in [6, 6.07) is 9.81. The molecule has 3 aromatic heterocycles. The van der Waals surface area contributed by atoms with Crippen LogP contribution in [0.1, 0.15) is 24.7 Å². The van der Waals surface area contributed by atoms with Crippen molar-refractivity contribution in [3.05, 3.63) is 47.9 Å². The fraction of sp³-hybridized carbons (Fsp3) is 0.435. The number of carbonyl (C=O) groups is 1. The van der Waals surface area contributed by atoms with Crippen molar-refractivity contribution < 1.29 is 4.79 Å². The molecule has 1 fully saturated rings. The molecule has 9 nitrogen and oxygen atoms in total. The lowest BCUT2D eigenvalue weighted by Gasteiger charge is -2.22. The van der Waals surface area contributed by atoms with E-state index < -0.39 is 0 Å². The van der Waals surface area contributed by atoms with Crippen LogP contribution in [0, 0.1) is 13.8 Å². The Morgan fingerprint density at radius 2 is 2.09 bits per heavy atom. The van der Waals surface area contributed by atoms with E-state index in [9.17, 15) is 4.79 Å². The normalized spacial score (nSPS) is 16.6. The van der Waals surface area contributed by atoms with Crippen LogP contribution in [0.4, 0.5) is 5.82 Å². The number of anilines is 1. The zero-order valence-electron chi connectivity index (χ0n) is 19.1. The summed E-state index contributed by atoms with van der Waals surface area (Å²) in [5.41, 5.74) is 2.48. The summed E-state index contributed by atoms with van der Waals surface area (Å²) < 4.78 is 1.75. The highest BCUT2D eigenvalue weighted by Gasteiger charge is 2.26. The molecule has 1 saturated heterocycles. The van der Waals surface area contributed by atoms with Gasteiger partial charge in [0.15, 0.2) is 11.6 Å². The smallest absolute Gasteiger partial charge is 0.239 e. The number of hydrogen-bond donors (Lipinski definition) is 1. The van der Waals surface area contributed by atoms with Crippen molar-refractivity contribution in [2.24, 2.45) is 0 Å². The number of carbonyl (C=O) groups excluding carboxylic acids is 1. The first kappa shape index (κ1) is 22.0. The van der Waals surface area contributed by atoms with Gasteiger partial charge in [-0.3, -0.25) is 14.7 Å². The van der Waals surface area contributed by atoms with Gasteiger partial charge in [-0.15, -0.1) is 0 Å². The number of amides is 1. The number of rotatable bonds is 7. The summed E-state index contributed by atoms with van der Waals surface area (Å²) in [6.07, 6.45) is 2.78. The van der Waals surface area contributed by atoms with Crippen LogP contribution < -0.4 is 5.32 Å². The molecule has 3 aromatic rings. The van der Waals surface area contributed by atoms with Crippen molar-refractivity contribution in [2.75, 3.05) is 38.5 Å². The number of nitrogens with zero attached hydrogens (tertiary/aromatic N) is 7. The van der Waals surface area contributed by atoms with E-state index in [0.29, 0.717) is 35.7 Å². The average molecular weight is 435 g/mol. The molecule has 0 saturated carbocycles. The summed E-state index contributed by atoms with van der Waals surface area (Å²) >= 11 is 0. The summed E-state index contributed by atoms with van der Waals surface area (Å²) in [5.74, 6) is 1.38. The van der Waals surface area contributed by atoms with Gasteiger partial charge in [0, 0.05) is 37.1 Å². The largest absolute Gasteiger partial charge is 0.309 e. The van der Waals surface area contributed by atoms with Gasteiger partial charge in [-0.05, 0) is 52.1 Å². The minimum Gasteiger partial charge on any atom is -0.309 e. The number of aryl methyl sites for hydroxylation is 2. The Kier molecular flexibility index (Phi) is 6.57. The van der Waals surface area contributed by atoms with Gasteiger partial charge < -0.3 is 10.2 Å². The molecule has 1 aliphatic rings. The average Bonchev–Trinajstić information content (AvgIpc) is 3.39. The zero-order valence-corrected chi connectivity index (χ0v) is 19.1. The van der Waals surface area contributed by atoms with Crippen molar-refractivity contribution in [3.63, 3.8) is 0 Å². The van der Waals surface area contributed by atoms with Crippen LogP contribution in [-0.4, -0.2) is 79.7 Å². The van der Waals surface area contributed by atoms with Crippen LogP contribution in [0.25, 0.3) is 17.3 Å². The van der Waals surface area contributed by atoms with E-state index in [1.165, 1.54) is 0 Å². The quantitative estimate of drug-likeness (QED) is 0.610. The minimum absolute atomic E-state index is 0.0882. The molecular formula is C23H30N8O.